The van der Waals surface area contributed by atoms with Crippen LogP contribution in [-0.2, 0) is 6.18 Å². The van der Waals surface area contributed by atoms with Crippen molar-refractivity contribution in [1.29, 1.82) is 0 Å². The molecule has 0 aliphatic rings. The molecule has 1 heterocycles. The van der Waals surface area contributed by atoms with E-state index in [0.29, 0.717) is 19.6 Å². The molecule has 23 heavy (non-hydrogen) atoms. The van der Waals surface area contributed by atoms with Gasteiger partial charge in [0.25, 0.3) is 0 Å². The molecule has 0 amide bonds. The number of aliphatic hydroxyl groups excluding tert-OH is 1. The summed E-state index contributed by atoms with van der Waals surface area (Å²) in [5.74, 6) is -0.0785. The summed E-state index contributed by atoms with van der Waals surface area (Å²) in [7, 11) is 0. The lowest BCUT2D eigenvalue weighted by molar-refractivity contribution is -0.141. The van der Waals surface area contributed by atoms with Crippen molar-refractivity contribution in [2.45, 2.75) is 12.3 Å². The van der Waals surface area contributed by atoms with Crippen molar-refractivity contribution >= 4 is 5.95 Å². The van der Waals surface area contributed by atoms with Gasteiger partial charge in [-0.2, -0.15) is 13.2 Å². The second-order valence-electron chi connectivity index (χ2n) is 4.82. The van der Waals surface area contributed by atoms with Crippen molar-refractivity contribution in [2.75, 3.05) is 25.0 Å². The summed E-state index contributed by atoms with van der Waals surface area (Å²) in [6.07, 6.45) is -4.07. The Hall–Kier alpha value is -2.19. The first-order valence-corrected chi connectivity index (χ1v) is 7.04. The Morgan fingerprint density at radius 2 is 1.83 bits per heavy atom. The number of halogens is 3. The molecule has 5 nitrogen and oxygen atoms in total. The van der Waals surface area contributed by atoms with Crippen molar-refractivity contribution in [3.63, 3.8) is 0 Å². The maximum Gasteiger partial charge on any atom is 0.433 e. The van der Waals surface area contributed by atoms with Crippen molar-refractivity contribution in [1.82, 2.24) is 15.3 Å². The highest BCUT2D eigenvalue weighted by atomic mass is 19.4. The van der Waals surface area contributed by atoms with E-state index in [1.165, 1.54) is 0 Å². The minimum Gasteiger partial charge on any atom is -0.387 e. The molecule has 0 radical (unpaired) electrons. The Balaban J connectivity index is 1.72. The van der Waals surface area contributed by atoms with Crippen LogP contribution in [0.3, 0.4) is 0 Å². The number of nitrogens with one attached hydrogen (secondary N) is 2. The van der Waals surface area contributed by atoms with Crippen LogP contribution in [0.4, 0.5) is 19.1 Å². The number of hydrogen-bond acceptors (Lipinski definition) is 5. The molecular weight excluding hydrogens is 309 g/mol. The van der Waals surface area contributed by atoms with Crippen molar-refractivity contribution in [2.24, 2.45) is 0 Å². The van der Waals surface area contributed by atoms with Gasteiger partial charge in [-0.15, -0.1) is 0 Å². The minimum atomic E-state index is -4.49. The molecule has 8 heteroatoms. The van der Waals surface area contributed by atoms with Gasteiger partial charge in [-0.1, -0.05) is 30.3 Å². The van der Waals surface area contributed by atoms with Crippen molar-refractivity contribution < 1.29 is 18.3 Å². The number of aromatic nitrogens is 2. The van der Waals surface area contributed by atoms with Crippen molar-refractivity contribution in [3.05, 3.63) is 53.9 Å². The lowest BCUT2D eigenvalue weighted by Crippen LogP contribution is -2.27. The molecular formula is C15H17F3N4O. The summed E-state index contributed by atoms with van der Waals surface area (Å²) in [6.45, 7) is 1.13. The monoisotopic (exact) mass is 326 g/mol. The SMILES string of the molecule is OC(CNCCNc1nccc(C(F)(F)F)n1)c1ccccc1. The Bertz CT molecular complexity index is 607. The Labute approximate surface area is 131 Å². The summed E-state index contributed by atoms with van der Waals surface area (Å²) in [5.41, 5.74) is -0.184. The average molecular weight is 326 g/mol. The molecule has 124 valence electrons. The van der Waals surface area contributed by atoms with Gasteiger partial charge >= 0.3 is 6.18 Å². The standard InChI is InChI=1S/C15H17F3N4O/c16-15(17,18)13-6-7-20-14(22-13)21-9-8-19-10-12(23)11-4-2-1-3-5-11/h1-7,12,19,23H,8-10H2,(H,20,21,22). The van der Waals surface area contributed by atoms with Crippen LogP contribution in [0, 0.1) is 0 Å². The summed E-state index contributed by atoms with van der Waals surface area (Å²) in [6, 6.07) is 10.0. The molecule has 1 aromatic heterocycles. The maximum absolute atomic E-state index is 12.5. The second kappa shape index (κ2) is 7.89. The summed E-state index contributed by atoms with van der Waals surface area (Å²) in [5, 5.41) is 15.6. The first-order chi connectivity index (χ1) is 11.0. The predicted molar refractivity (Wildman–Crippen MR) is 79.8 cm³/mol. The second-order valence-corrected chi connectivity index (χ2v) is 4.82. The highest BCUT2D eigenvalue weighted by Gasteiger charge is 2.32. The molecule has 2 rings (SSSR count). The molecule has 1 unspecified atom stereocenters. The zero-order valence-electron chi connectivity index (χ0n) is 12.2. The number of nitrogens with zero attached hydrogens (tertiary/aromatic N) is 2. The van der Waals surface area contributed by atoms with Crippen LogP contribution in [0.1, 0.15) is 17.4 Å². The van der Waals surface area contributed by atoms with Gasteiger partial charge in [-0.05, 0) is 11.6 Å². The fourth-order valence-corrected chi connectivity index (χ4v) is 1.90. The van der Waals surface area contributed by atoms with Gasteiger partial charge in [0.05, 0.1) is 6.10 Å². The van der Waals surface area contributed by atoms with E-state index < -0.39 is 18.0 Å². The molecule has 0 spiro atoms. The average Bonchev–Trinajstić information content (AvgIpc) is 2.54. The third-order valence-corrected chi connectivity index (χ3v) is 3.05. The van der Waals surface area contributed by atoms with Crippen LogP contribution in [0.5, 0.6) is 0 Å². The van der Waals surface area contributed by atoms with E-state index in [2.05, 4.69) is 20.6 Å². The molecule has 0 aliphatic heterocycles. The Kier molecular flexibility index (Phi) is 5.89. The lowest BCUT2D eigenvalue weighted by Gasteiger charge is -2.12. The molecule has 0 aliphatic carbocycles. The van der Waals surface area contributed by atoms with E-state index in [4.69, 9.17) is 0 Å². The van der Waals surface area contributed by atoms with E-state index in [1.54, 1.807) is 0 Å². The molecule has 0 saturated heterocycles. The van der Waals surface area contributed by atoms with E-state index in [-0.39, 0.29) is 5.95 Å². The summed E-state index contributed by atoms with van der Waals surface area (Å²) < 4.78 is 37.5. The number of aliphatic hydroxyl groups is 1. The number of alkyl halides is 3. The van der Waals surface area contributed by atoms with Gasteiger partial charge in [0, 0.05) is 25.8 Å². The molecule has 0 fully saturated rings. The van der Waals surface area contributed by atoms with E-state index in [9.17, 15) is 18.3 Å². The molecule has 1 aromatic carbocycles. The van der Waals surface area contributed by atoms with Gasteiger partial charge in [-0.25, -0.2) is 9.97 Å². The fourth-order valence-electron chi connectivity index (χ4n) is 1.90. The van der Waals surface area contributed by atoms with Gasteiger partial charge in [0.15, 0.2) is 0 Å². The van der Waals surface area contributed by atoms with E-state index >= 15 is 0 Å². The number of benzene rings is 1. The van der Waals surface area contributed by atoms with Crippen LogP contribution >= 0.6 is 0 Å². The van der Waals surface area contributed by atoms with Crippen LogP contribution in [0.25, 0.3) is 0 Å². The van der Waals surface area contributed by atoms with E-state index in [1.807, 2.05) is 30.3 Å². The van der Waals surface area contributed by atoms with Gasteiger partial charge in [-0.3, -0.25) is 0 Å². The molecule has 0 bridgehead atoms. The third kappa shape index (κ3) is 5.50. The van der Waals surface area contributed by atoms with Crippen LogP contribution in [-0.4, -0.2) is 34.7 Å². The zero-order valence-corrected chi connectivity index (χ0v) is 12.2. The smallest absolute Gasteiger partial charge is 0.387 e. The van der Waals surface area contributed by atoms with Gasteiger partial charge < -0.3 is 15.7 Å². The number of rotatable bonds is 7. The van der Waals surface area contributed by atoms with Gasteiger partial charge in [0.2, 0.25) is 5.95 Å². The quantitative estimate of drug-likeness (QED) is 0.681. The Morgan fingerprint density at radius 1 is 1.09 bits per heavy atom. The molecule has 3 N–H and O–H groups in total. The van der Waals surface area contributed by atoms with Crippen LogP contribution in [0.15, 0.2) is 42.6 Å². The van der Waals surface area contributed by atoms with Crippen LogP contribution in [0.2, 0.25) is 0 Å². The summed E-state index contributed by atoms with van der Waals surface area (Å²) >= 11 is 0. The zero-order chi connectivity index (χ0) is 16.7. The number of anilines is 1. The molecule has 2 aromatic rings. The summed E-state index contributed by atoms with van der Waals surface area (Å²) in [4.78, 5) is 7.13. The lowest BCUT2D eigenvalue weighted by atomic mass is 10.1. The van der Waals surface area contributed by atoms with Crippen molar-refractivity contribution in [3.8, 4) is 0 Å². The van der Waals surface area contributed by atoms with E-state index in [0.717, 1.165) is 17.8 Å². The normalized spacial score (nSPS) is 12.9. The van der Waals surface area contributed by atoms with Crippen LogP contribution < -0.4 is 10.6 Å². The predicted octanol–water partition coefficient (Wildman–Crippen LogP) is 2.23. The van der Waals surface area contributed by atoms with Gasteiger partial charge in [0.1, 0.15) is 5.69 Å². The first kappa shape index (κ1) is 17.2. The fraction of sp³-hybridized carbons (Fsp3) is 0.333. The highest BCUT2D eigenvalue weighted by Crippen LogP contribution is 2.27. The topological polar surface area (TPSA) is 70.1 Å². The first-order valence-electron chi connectivity index (χ1n) is 7.04. The maximum atomic E-state index is 12.5. The minimum absolute atomic E-state index is 0.0785. The highest BCUT2D eigenvalue weighted by molar-refractivity contribution is 5.26. The third-order valence-electron chi connectivity index (χ3n) is 3.05. The largest absolute Gasteiger partial charge is 0.433 e. The molecule has 1 atom stereocenters. The Morgan fingerprint density at radius 3 is 2.52 bits per heavy atom. The molecule has 0 saturated carbocycles. The number of hydrogen-bond donors (Lipinski definition) is 3.